The van der Waals surface area contributed by atoms with E-state index in [1.54, 1.807) is 70.5 Å². The Morgan fingerprint density at radius 3 is 1.39 bits per heavy atom. The number of nitrogens with zero attached hydrogens (tertiary/aromatic N) is 12. The first-order valence-electron chi connectivity index (χ1n) is 45.4. The van der Waals surface area contributed by atoms with Gasteiger partial charge in [-0.25, -0.2) is 42.8 Å². The van der Waals surface area contributed by atoms with Gasteiger partial charge in [-0.1, -0.05) is 185 Å². The molecular weight excluding hydrogens is 2070 g/mol. The Bertz CT molecular complexity index is 6970. The van der Waals surface area contributed by atoms with Crippen LogP contribution in [0.3, 0.4) is 0 Å². The number of hydrogen-bond acceptors (Lipinski definition) is 12. The average molecular weight is 2170 g/mol. The maximum absolute atomic E-state index is 13.9. The van der Waals surface area contributed by atoms with E-state index in [1.807, 2.05) is 128 Å². The van der Waals surface area contributed by atoms with E-state index in [1.165, 1.54) is 38.5 Å². The van der Waals surface area contributed by atoms with Crippen LogP contribution in [0.2, 0.25) is 10.0 Å². The lowest BCUT2D eigenvalue weighted by atomic mass is 10.0. The van der Waals surface area contributed by atoms with Crippen LogP contribution in [0.1, 0.15) is 66.0 Å². The Kier molecular flexibility index (Phi) is 36.2. The van der Waals surface area contributed by atoms with Crippen LogP contribution in [0.5, 0.6) is 5.75 Å². The molecule has 142 heavy (non-hydrogen) atoms. The van der Waals surface area contributed by atoms with Gasteiger partial charge in [0.15, 0.2) is 9.84 Å². The Morgan fingerprint density at radius 2 is 0.859 bits per heavy atom. The number of aryl methyl sites for hydroxylation is 4. The van der Waals surface area contributed by atoms with Gasteiger partial charge in [0, 0.05) is 102 Å². The van der Waals surface area contributed by atoms with Gasteiger partial charge in [-0.15, -0.1) is 35.3 Å². The summed E-state index contributed by atoms with van der Waals surface area (Å²) in [7, 11) is -3.69. The fourth-order valence-corrected chi connectivity index (χ4v) is 20.9. The van der Waals surface area contributed by atoms with Crippen molar-refractivity contribution in [1.82, 2.24) is 0 Å². The predicted molar refractivity (Wildman–Crippen MR) is 581 cm³/mol. The monoisotopic (exact) mass is 2160 g/mol. The lowest BCUT2D eigenvalue weighted by Gasteiger charge is -2.30. The van der Waals surface area contributed by atoms with Gasteiger partial charge in [-0.2, -0.15) is 26.3 Å². The number of ether oxygens (including phenoxy) is 1. The molecule has 0 bridgehead atoms. The first-order chi connectivity index (χ1) is 68.3. The minimum Gasteiger partial charge on any atom is -0.492 e. The molecule has 13 aromatic rings. The molecule has 0 saturated carbocycles. The molecule has 0 radical (unpaired) electrons. The van der Waals surface area contributed by atoms with E-state index in [9.17, 15) is 39.2 Å². The first-order valence-corrected chi connectivity index (χ1v) is 52.8. The average Bonchev–Trinajstić information content (AvgIpc) is 0.756. The lowest BCUT2D eigenvalue weighted by molar-refractivity contribution is -0.138. The molecule has 0 amide bonds. The molecule has 0 aliphatic carbocycles. The second kappa shape index (κ2) is 48.9. The number of benzene rings is 13. The highest BCUT2D eigenvalue weighted by Crippen LogP contribution is 2.44. The molecule has 0 saturated heterocycles. The summed E-state index contributed by atoms with van der Waals surface area (Å²) < 4.78 is 123. The van der Waals surface area contributed by atoms with E-state index in [2.05, 4.69) is 192 Å². The fraction of sp³-hybridized carbons (Fsp3) is 0.208. The van der Waals surface area contributed by atoms with Crippen LogP contribution in [0.4, 0.5) is 99.0 Å². The van der Waals surface area contributed by atoms with E-state index in [0.29, 0.717) is 86.5 Å². The summed E-state index contributed by atoms with van der Waals surface area (Å²) in [6.07, 6.45) is 3.63. The minimum absolute atomic E-state index is 0.0953. The van der Waals surface area contributed by atoms with Gasteiger partial charge in [-0.05, 0) is 260 Å². The van der Waals surface area contributed by atoms with Gasteiger partial charge in [0.1, 0.15) is 22.9 Å². The van der Waals surface area contributed by atoms with Gasteiger partial charge in [0.25, 0.3) is 0 Å². The largest absolute Gasteiger partial charge is 0.492 e. The standard InChI is InChI=1S/C22H21N3.C18H21N3O.C17H18ClN3S.C17H19N3S.C16H12Br2F3N3O2S.C16H12ClF4N3S/c23-22(25-16-8-12-18-11-4-7-15-21(18)25)24-20-14-6-5-13-19(20)17-9-2-1-3-10-17;1-2-22-17-12-6-4-10-15(17)20-18(19)21-13-7-9-14-8-3-5-11-16(14)21;1-22-13-8-9-14(18)15(11-13)20-17(19)21-10-4-6-12-5-2-3-7-16(12)21;1-21-16-11-5-3-9-14(16)19-17(18)20-12-6-8-13-7-2-4-10-15(13)20;17-10-2-3-11(18)12(8-10)23-15(22)24-5-6-27(25,26)14-4-1-9(7-13(14)24)16(19,20)21;17-10-2-4-14-13(8-10)24(5-6-25-14)15(22)23-12-7-9(16(19,20)21)1-3-11(12)18/h1-7,9-11,13-15H,8,12,16H2,(H2,23,24);3-6,8,10-12H,2,7,9,13H2,1H3,(H2,19,20);2-3,5,7-9,11H,4,6,10H2,1H3,(H2,19,20);2-5,7,9-11H,6,8,12H2,1H3,(H2,18,19);1-4,7-8H,5-6H2,(H2,22,23);1-4,7-8H,5-6H2,(H2,22,23). The van der Waals surface area contributed by atoms with Crippen molar-refractivity contribution in [3.05, 3.63) is 349 Å². The van der Waals surface area contributed by atoms with Crippen LogP contribution in [-0.2, 0) is 47.9 Å². The molecule has 19 rings (SSSR count). The Labute approximate surface area is 861 Å². The Hall–Kier alpha value is -12.7. The van der Waals surface area contributed by atoms with E-state index in [-0.39, 0.29) is 34.8 Å². The van der Waals surface area contributed by atoms with E-state index in [0.717, 1.165) is 166 Å². The molecule has 0 aromatic heterocycles. The van der Waals surface area contributed by atoms with Gasteiger partial charge in [0.05, 0.1) is 67.5 Å². The molecule has 6 aliphatic rings. The second-order valence-corrected chi connectivity index (χ2v) is 40.2. The highest BCUT2D eigenvalue weighted by atomic mass is 79.9. The molecule has 736 valence electrons. The van der Waals surface area contributed by atoms with Crippen LogP contribution in [0.25, 0.3) is 11.1 Å². The van der Waals surface area contributed by atoms with Gasteiger partial charge < -0.3 is 68.5 Å². The zero-order valence-corrected chi connectivity index (χ0v) is 85.5. The van der Waals surface area contributed by atoms with Gasteiger partial charge >= 0.3 is 12.4 Å². The summed E-state index contributed by atoms with van der Waals surface area (Å²) in [6, 6.07) is 88.6. The summed E-state index contributed by atoms with van der Waals surface area (Å²) >= 11 is 23.8. The SMILES string of the molecule is CCOc1ccccc1N=C(N)N1CCCc2ccccc21.CSc1ccc(Cl)c(N=C(N)N2CCCc3ccccc32)c1.CSc1ccccc1N=C(N)N1CCCc2ccccc21.NC(=Nc1cc(Br)ccc1Br)N1CCS(=O)(=O)c2ccc(C(F)(F)F)cc21.NC(=Nc1cc(C(F)(F)F)ccc1F)N1CCSc2ccc(Cl)cc21.NC(=Nc1ccccc1-c1ccccc1)N1CCCc2ccccc21. The first kappa shape index (κ1) is 105. The normalized spacial score (nSPS) is 15.2. The quantitative estimate of drug-likeness (QED) is 0.0303. The predicted octanol–water partition coefficient (Wildman–Crippen LogP) is 26.0. The maximum Gasteiger partial charge on any atom is 0.416 e. The molecule has 0 atom stereocenters. The molecule has 6 aliphatic heterocycles. The van der Waals surface area contributed by atoms with E-state index >= 15 is 0 Å². The van der Waals surface area contributed by atoms with Crippen molar-refractivity contribution in [3.63, 3.8) is 0 Å². The third-order valence-electron chi connectivity index (χ3n) is 23.4. The topological polar surface area (TPSA) is 293 Å². The summed E-state index contributed by atoms with van der Waals surface area (Å²) in [5.41, 5.74) is 51.4. The second-order valence-electron chi connectivity index (χ2n) is 32.7. The Morgan fingerprint density at radius 1 is 0.415 bits per heavy atom. The highest BCUT2D eigenvalue weighted by molar-refractivity contribution is 9.11. The summed E-state index contributed by atoms with van der Waals surface area (Å²) in [5.74, 6) is 2.24. The molecule has 0 unspecified atom stereocenters. The number of sulfone groups is 1. The van der Waals surface area contributed by atoms with Gasteiger partial charge in [0.2, 0.25) is 35.8 Å². The number of fused-ring (bicyclic) bond motifs is 6. The van der Waals surface area contributed by atoms with Crippen molar-refractivity contribution in [3.8, 4) is 16.9 Å². The molecule has 0 fully saturated rings. The van der Waals surface area contributed by atoms with Crippen LogP contribution in [0, 0.1) is 5.82 Å². The smallest absolute Gasteiger partial charge is 0.416 e. The number of aliphatic imine (C=N–C) groups is 6. The molecule has 6 heterocycles. The maximum atomic E-state index is 13.9. The fourth-order valence-electron chi connectivity index (χ4n) is 16.5. The van der Waals surface area contributed by atoms with Crippen molar-refractivity contribution in [1.29, 1.82) is 0 Å². The summed E-state index contributed by atoms with van der Waals surface area (Å²) in [6.45, 7) is 6.55. The third kappa shape index (κ3) is 27.0. The van der Waals surface area contributed by atoms with Crippen molar-refractivity contribution in [2.75, 3.05) is 99.3 Å². The number of guanidine groups is 6. The van der Waals surface area contributed by atoms with E-state index in [4.69, 9.17) is 67.3 Å². The third-order valence-corrected chi connectivity index (χ3v) is 29.4. The van der Waals surface area contributed by atoms with Gasteiger partial charge in [-0.3, -0.25) is 0 Å². The molecule has 0 spiro atoms. The molecular formula is C106H103Br2Cl2F7N18O3S4. The van der Waals surface area contributed by atoms with Crippen molar-refractivity contribution in [2.45, 2.75) is 90.2 Å². The number of alkyl halides is 6. The zero-order valence-electron chi connectivity index (χ0n) is 77.6. The highest BCUT2D eigenvalue weighted by Gasteiger charge is 2.38. The van der Waals surface area contributed by atoms with E-state index < -0.39 is 44.8 Å². The number of rotatable bonds is 11. The molecule has 36 heteroatoms. The number of anilines is 6. The molecule has 12 N–H and O–H groups in total. The number of nitrogens with two attached hydrogens (primary N) is 6. The summed E-state index contributed by atoms with van der Waals surface area (Å²) in [5, 5.41) is 1.11. The number of para-hydroxylation sites is 8. The van der Waals surface area contributed by atoms with Crippen LogP contribution in [-0.4, -0.2) is 114 Å². The molecule has 13 aromatic carbocycles. The summed E-state index contributed by atoms with van der Waals surface area (Å²) in [4.78, 5) is 41.0. The van der Waals surface area contributed by atoms with Crippen molar-refractivity contribution >= 4 is 204 Å². The number of thioether (sulfide) groups is 3. The minimum atomic E-state index is -4.61. The van der Waals surface area contributed by atoms with Crippen LogP contribution >= 0.6 is 90.3 Å². The number of hydrogen-bond donors (Lipinski definition) is 6. The van der Waals surface area contributed by atoms with Crippen LogP contribution < -0.4 is 68.5 Å². The number of halogens is 11. The Balaban J connectivity index is 0.000000136. The van der Waals surface area contributed by atoms with Crippen molar-refractivity contribution in [2.24, 2.45) is 64.4 Å². The zero-order chi connectivity index (χ0) is 101. The van der Waals surface area contributed by atoms with Crippen LogP contribution in [0.15, 0.2) is 350 Å². The molecule has 21 nitrogen and oxygen atoms in total. The lowest BCUT2D eigenvalue weighted by Crippen LogP contribution is -2.44. The van der Waals surface area contributed by atoms with Crippen molar-refractivity contribution < 1.29 is 43.9 Å².